The van der Waals surface area contributed by atoms with E-state index < -0.39 is 11.5 Å². The van der Waals surface area contributed by atoms with Gasteiger partial charge in [0.05, 0.1) is 17.7 Å². The molecule has 152 valence electrons. The molecule has 2 aromatic carbocycles. The molecule has 2 heterocycles. The second-order valence-corrected chi connectivity index (χ2v) is 7.37. The van der Waals surface area contributed by atoms with Crippen molar-refractivity contribution in [1.29, 1.82) is 0 Å². The lowest BCUT2D eigenvalue weighted by Gasteiger charge is -2.27. The van der Waals surface area contributed by atoms with E-state index in [1.165, 1.54) is 12.5 Å². The van der Waals surface area contributed by atoms with E-state index in [1.807, 2.05) is 43.3 Å². The van der Waals surface area contributed by atoms with Gasteiger partial charge in [-0.25, -0.2) is 4.99 Å². The Bertz CT molecular complexity index is 1090. The van der Waals surface area contributed by atoms with E-state index in [4.69, 9.17) is 15.1 Å². The summed E-state index contributed by atoms with van der Waals surface area (Å²) in [5, 5.41) is 2.85. The summed E-state index contributed by atoms with van der Waals surface area (Å²) in [5.74, 6) is -0.386. The average Bonchev–Trinajstić information content (AvgIpc) is 3.38. The number of Topliss-reactive ketones (excluding diaryl/α,β-unsaturated/α-hetero) is 1. The van der Waals surface area contributed by atoms with Crippen molar-refractivity contribution in [3.05, 3.63) is 89.9 Å². The normalized spacial score (nSPS) is 20.8. The summed E-state index contributed by atoms with van der Waals surface area (Å²) < 4.78 is 4.98. The topological polar surface area (TPSA) is 97.7 Å². The molecule has 0 saturated heterocycles. The Morgan fingerprint density at radius 1 is 1.13 bits per heavy atom. The Labute approximate surface area is 174 Å². The number of ketones is 1. The number of nitrogens with one attached hydrogen (secondary N) is 1. The van der Waals surface area contributed by atoms with E-state index >= 15 is 0 Å². The molecule has 1 aromatic heterocycles. The van der Waals surface area contributed by atoms with Crippen LogP contribution in [0.1, 0.15) is 41.3 Å². The highest BCUT2D eigenvalue weighted by atomic mass is 16.3. The number of hydrogen-bond acceptors (Lipinski definition) is 5. The van der Waals surface area contributed by atoms with E-state index in [0.717, 1.165) is 12.0 Å². The minimum atomic E-state index is -1.22. The van der Waals surface area contributed by atoms with E-state index in [1.54, 1.807) is 24.3 Å². The van der Waals surface area contributed by atoms with Crippen LogP contribution in [0.5, 0.6) is 0 Å². The highest BCUT2D eigenvalue weighted by Crippen LogP contribution is 2.43. The number of hydrogen-bond donors (Lipinski definition) is 2. The molecule has 0 spiro atoms. The van der Waals surface area contributed by atoms with Crippen molar-refractivity contribution in [2.75, 3.05) is 5.32 Å². The average molecular weight is 401 g/mol. The van der Waals surface area contributed by atoms with Crippen LogP contribution in [0.4, 0.5) is 5.69 Å². The van der Waals surface area contributed by atoms with Crippen LogP contribution in [0, 0.1) is 5.92 Å². The SMILES string of the molecule is CCCC1C(=O)C(c2ccccc2)(c2cccc(NC(=O)c3ccoc3)c2)N=C1N. The van der Waals surface area contributed by atoms with E-state index in [9.17, 15) is 9.59 Å². The number of carbonyl (C=O) groups excluding carboxylic acids is 2. The second kappa shape index (κ2) is 7.99. The lowest BCUT2D eigenvalue weighted by molar-refractivity contribution is -0.124. The van der Waals surface area contributed by atoms with Crippen LogP contribution in [-0.2, 0) is 10.3 Å². The molecule has 3 aromatic rings. The van der Waals surface area contributed by atoms with Crippen LogP contribution in [0.25, 0.3) is 0 Å². The molecule has 6 heteroatoms. The van der Waals surface area contributed by atoms with Crippen molar-refractivity contribution in [2.24, 2.45) is 16.6 Å². The summed E-state index contributed by atoms with van der Waals surface area (Å²) in [5.41, 5.74) is 7.43. The van der Waals surface area contributed by atoms with Crippen LogP contribution in [0.3, 0.4) is 0 Å². The standard InChI is InChI=1S/C24H23N3O3/c1-2-7-20-21(28)24(27-22(20)25,17-8-4-3-5-9-17)18-10-6-11-19(14-18)26-23(29)16-12-13-30-15-16/h3-6,8-15,20H,2,7H2,1H3,(H2,25,27)(H,26,29). The summed E-state index contributed by atoms with van der Waals surface area (Å²) in [6.07, 6.45) is 4.31. The van der Waals surface area contributed by atoms with Gasteiger partial charge in [-0.1, -0.05) is 55.8 Å². The number of benzene rings is 2. The van der Waals surface area contributed by atoms with Crippen molar-refractivity contribution in [3.63, 3.8) is 0 Å². The lowest BCUT2D eigenvalue weighted by Crippen LogP contribution is -2.36. The van der Waals surface area contributed by atoms with Crippen molar-refractivity contribution in [1.82, 2.24) is 0 Å². The Balaban J connectivity index is 1.78. The third-order valence-electron chi connectivity index (χ3n) is 5.42. The molecule has 4 rings (SSSR count). The summed E-state index contributed by atoms with van der Waals surface area (Å²) in [6, 6.07) is 18.2. The fourth-order valence-electron chi connectivity index (χ4n) is 3.96. The first-order chi connectivity index (χ1) is 14.6. The van der Waals surface area contributed by atoms with Crippen LogP contribution >= 0.6 is 0 Å². The van der Waals surface area contributed by atoms with Gasteiger partial charge in [-0.05, 0) is 35.7 Å². The van der Waals surface area contributed by atoms with Gasteiger partial charge in [0.25, 0.3) is 5.91 Å². The molecular formula is C24H23N3O3. The van der Waals surface area contributed by atoms with Gasteiger partial charge >= 0.3 is 0 Å². The fourth-order valence-corrected chi connectivity index (χ4v) is 3.96. The molecule has 0 bridgehead atoms. The van der Waals surface area contributed by atoms with E-state index in [-0.39, 0.29) is 11.7 Å². The van der Waals surface area contributed by atoms with Crippen LogP contribution in [-0.4, -0.2) is 17.5 Å². The minimum Gasteiger partial charge on any atom is -0.472 e. The molecule has 30 heavy (non-hydrogen) atoms. The molecule has 2 unspecified atom stereocenters. The first kappa shape index (κ1) is 19.6. The zero-order valence-corrected chi connectivity index (χ0v) is 16.7. The Morgan fingerprint density at radius 2 is 1.90 bits per heavy atom. The summed E-state index contributed by atoms with van der Waals surface area (Å²) >= 11 is 0. The number of anilines is 1. The number of carbonyl (C=O) groups is 2. The predicted octanol–water partition coefficient (Wildman–Crippen LogP) is 4.13. The van der Waals surface area contributed by atoms with Crippen molar-refractivity contribution < 1.29 is 14.0 Å². The van der Waals surface area contributed by atoms with Gasteiger partial charge in [0.2, 0.25) is 0 Å². The summed E-state index contributed by atoms with van der Waals surface area (Å²) in [7, 11) is 0. The molecule has 0 saturated carbocycles. The second-order valence-electron chi connectivity index (χ2n) is 7.37. The molecule has 3 N–H and O–H groups in total. The quantitative estimate of drug-likeness (QED) is 0.649. The maximum absolute atomic E-state index is 13.7. The highest BCUT2D eigenvalue weighted by Gasteiger charge is 2.50. The molecule has 1 aliphatic heterocycles. The third kappa shape index (κ3) is 3.30. The smallest absolute Gasteiger partial charge is 0.258 e. The van der Waals surface area contributed by atoms with Crippen molar-refractivity contribution >= 4 is 23.2 Å². The molecule has 6 nitrogen and oxygen atoms in total. The number of nitrogens with two attached hydrogens (primary N) is 1. The fraction of sp³-hybridized carbons (Fsp3) is 0.208. The van der Waals surface area contributed by atoms with Crippen LogP contribution in [0.2, 0.25) is 0 Å². The maximum Gasteiger partial charge on any atom is 0.258 e. The first-order valence-corrected chi connectivity index (χ1v) is 9.95. The number of aliphatic imine (C=N–C) groups is 1. The molecule has 0 aliphatic carbocycles. The number of nitrogens with zero attached hydrogens (tertiary/aromatic N) is 1. The lowest BCUT2D eigenvalue weighted by atomic mass is 9.77. The van der Waals surface area contributed by atoms with Crippen LogP contribution < -0.4 is 11.1 Å². The molecule has 1 aliphatic rings. The molecule has 1 amide bonds. The van der Waals surface area contributed by atoms with E-state index in [0.29, 0.717) is 29.1 Å². The monoisotopic (exact) mass is 401 g/mol. The highest BCUT2D eigenvalue weighted by molar-refractivity contribution is 6.15. The van der Waals surface area contributed by atoms with Gasteiger partial charge in [0.15, 0.2) is 11.3 Å². The molecule has 0 fully saturated rings. The summed E-state index contributed by atoms with van der Waals surface area (Å²) in [4.78, 5) is 30.8. The zero-order valence-electron chi connectivity index (χ0n) is 16.7. The Hall–Kier alpha value is -3.67. The number of amides is 1. The van der Waals surface area contributed by atoms with Gasteiger partial charge in [-0.15, -0.1) is 0 Å². The Kier molecular flexibility index (Phi) is 5.23. The van der Waals surface area contributed by atoms with Crippen molar-refractivity contribution in [3.8, 4) is 0 Å². The van der Waals surface area contributed by atoms with Crippen LogP contribution in [0.15, 0.2) is 82.6 Å². The number of rotatable bonds is 6. The molecule has 0 radical (unpaired) electrons. The zero-order chi connectivity index (χ0) is 21.1. The largest absolute Gasteiger partial charge is 0.472 e. The number of furan rings is 1. The number of amidine groups is 1. The van der Waals surface area contributed by atoms with Gasteiger partial charge in [-0.2, -0.15) is 0 Å². The van der Waals surface area contributed by atoms with Gasteiger partial charge in [-0.3, -0.25) is 9.59 Å². The van der Waals surface area contributed by atoms with Crippen molar-refractivity contribution in [2.45, 2.75) is 25.3 Å². The van der Waals surface area contributed by atoms with Gasteiger partial charge < -0.3 is 15.5 Å². The molecule has 2 atom stereocenters. The van der Waals surface area contributed by atoms with E-state index in [2.05, 4.69) is 5.32 Å². The first-order valence-electron chi connectivity index (χ1n) is 9.95. The predicted molar refractivity (Wildman–Crippen MR) is 115 cm³/mol. The Morgan fingerprint density at radius 3 is 2.60 bits per heavy atom. The van der Waals surface area contributed by atoms with Gasteiger partial charge in [0, 0.05) is 5.69 Å². The third-order valence-corrected chi connectivity index (χ3v) is 5.42. The maximum atomic E-state index is 13.7. The van der Waals surface area contributed by atoms with Gasteiger partial charge in [0.1, 0.15) is 12.1 Å². The minimum absolute atomic E-state index is 0.0358. The molecular weight excluding hydrogens is 378 g/mol. The summed E-state index contributed by atoms with van der Waals surface area (Å²) in [6.45, 7) is 2.02.